The van der Waals surface area contributed by atoms with Crippen molar-refractivity contribution in [3.63, 3.8) is 0 Å². The molecular formula is C8H8ClN3. The van der Waals surface area contributed by atoms with Crippen molar-refractivity contribution in [3.8, 4) is 11.1 Å². The number of nitrogens with zero attached hydrogens (tertiary/aromatic N) is 2. The second-order valence-electron chi connectivity index (χ2n) is 2.62. The van der Waals surface area contributed by atoms with Crippen LogP contribution in [0, 0.1) is 0 Å². The summed E-state index contributed by atoms with van der Waals surface area (Å²) in [5, 5.41) is 4.78. The van der Waals surface area contributed by atoms with Gasteiger partial charge in [-0.1, -0.05) is 11.6 Å². The van der Waals surface area contributed by atoms with Gasteiger partial charge in [0.25, 0.3) is 0 Å². The lowest BCUT2D eigenvalue weighted by Crippen LogP contribution is -1.83. The fourth-order valence-corrected chi connectivity index (χ4v) is 1.35. The van der Waals surface area contributed by atoms with E-state index in [1.165, 1.54) is 0 Å². The number of aromatic nitrogens is 3. The SMILES string of the molecule is Cn1cc(-c2c[nH]cc2Cl)cn1. The summed E-state index contributed by atoms with van der Waals surface area (Å²) in [4.78, 5) is 2.94. The Morgan fingerprint density at radius 1 is 1.50 bits per heavy atom. The number of aryl methyl sites for hydroxylation is 1. The van der Waals surface area contributed by atoms with Gasteiger partial charge in [-0.2, -0.15) is 5.10 Å². The molecule has 2 rings (SSSR count). The first-order chi connectivity index (χ1) is 5.77. The molecule has 0 aliphatic carbocycles. The number of H-pyrrole nitrogens is 1. The van der Waals surface area contributed by atoms with Crippen LogP contribution in [0.5, 0.6) is 0 Å². The maximum absolute atomic E-state index is 5.92. The highest BCUT2D eigenvalue weighted by Gasteiger charge is 2.04. The molecule has 0 spiro atoms. The Balaban J connectivity index is 2.50. The van der Waals surface area contributed by atoms with Crippen LogP contribution in [-0.4, -0.2) is 14.8 Å². The van der Waals surface area contributed by atoms with Crippen molar-refractivity contribution >= 4 is 11.6 Å². The van der Waals surface area contributed by atoms with Crippen molar-refractivity contribution in [1.82, 2.24) is 14.8 Å². The average molecular weight is 182 g/mol. The van der Waals surface area contributed by atoms with Gasteiger partial charge in [0, 0.05) is 36.8 Å². The van der Waals surface area contributed by atoms with Crippen molar-refractivity contribution in [1.29, 1.82) is 0 Å². The van der Waals surface area contributed by atoms with E-state index in [1.807, 2.05) is 19.4 Å². The molecule has 2 aromatic heterocycles. The molecule has 12 heavy (non-hydrogen) atoms. The maximum atomic E-state index is 5.92. The molecule has 1 N–H and O–H groups in total. The van der Waals surface area contributed by atoms with Gasteiger partial charge in [0.05, 0.1) is 11.2 Å². The molecule has 0 bridgehead atoms. The highest BCUT2D eigenvalue weighted by Crippen LogP contribution is 2.26. The third-order valence-corrected chi connectivity index (χ3v) is 2.02. The molecule has 62 valence electrons. The Labute approximate surface area is 75.0 Å². The van der Waals surface area contributed by atoms with Crippen molar-refractivity contribution in [2.45, 2.75) is 0 Å². The van der Waals surface area contributed by atoms with Gasteiger partial charge in [0.15, 0.2) is 0 Å². The molecule has 0 unspecified atom stereocenters. The Morgan fingerprint density at radius 3 is 2.83 bits per heavy atom. The topological polar surface area (TPSA) is 33.6 Å². The van der Waals surface area contributed by atoms with Gasteiger partial charge in [0.2, 0.25) is 0 Å². The normalized spacial score (nSPS) is 10.5. The number of halogens is 1. The van der Waals surface area contributed by atoms with Crippen LogP contribution in [0.3, 0.4) is 0 Å². The van der Waals surface area contributed by atoms with Crippen molar-refractivity contribution in [2.24, 2.45) is 7.05 Å². The molecule has 0 saturated heterocycles. The molecule has 0 aliphatic heterocycles. The Morgan fingerprint density at radius 2 is 2.33 bits per heavy atom. The summed E-state index contributed by atoms with van der Waals surface area (Å²) in [6, 6.07) is 0. The molecule has 2 aromatic rings. The van der Waals surface area contributed by atoms with Gasteiger partial charge in [0.1, 0.15) is 0 Å². The lowest BCUT2D eigenvalue weighted by atomic mass is 10.2. The number of aromatic amines is 1. The molecular weight excluding hydrogens is 174 g/mol. The number of hydrogen-bond acceptors (Lipinski definition) is 1. The van der Waals surface area contributed by atoms with E-state index in [-0.39, 0.29) is 0 Å². The van der Waals surface area contributed by atoms with Crippen molar-refractivity contribution in [2.75, 3.05) is 0 Å². The van der Waals surface area contributed by atoms with Crippen LogP contribution >= 0.6 is 11.6 Å². The van der Waals surface area contributed by atoms with Crippen LogP contribution in [0.4, 0.5) is 0 Å². The van der Waals surface area contributed by atoms with Gasteiger partial charge in [-0.05, 0) is 0 Å². The quantitative estimate of drug-likeness (QED) is 0.718. The first-order valence-electron chi connectivity index (χ1n) is 3.58. The van der Waals surface area contributed by atoms with E-state index in [2.05, 4.69) is 10.1 Å². The van der Waals surface area contributed by atoms with E-state index in [0.717, 1.165) is 16.1 Å². The second kappa shape index (κ2) is 2.68. The standard InChI is InChI=1S/C8H8ClN3/c1-12-5-6(2-11-12)7-3-10-4-8(7)9/h2-5,10H,1H3. The number of hydrogen-bond donors (Lipinski definition) is 1. The largest absolute Gasteiger partial charge is 0.366 e. The summed E-state index contributed by atoms with van der Waals surface area (Å²) in [7, 11) is 1.88. The van der Waals surface area contributed by atoms with E-state index in [0.29, 0.717) is 0 Å². The zero-order valence-electron chi connectivity index (χ0n) is 6.58. The molecule has 0 aliphatic rings. The van der Waals surface area contributed by atoms with Gasteiger partial charge in [-0.3, -0.25) is 4.68 Å². The minimum absolute atomic E-state index is 0.725. The van der Waals surface area contributed by atoms with E-state index < -0.39 is 0 Å². The fourth-order valence-electron chi connectivity index (χ4n) is 1.13. The number of rotatable bonds is 1. The van der Waals surface area contributed by atoms with Gasteiger partial charge >= 0.3 is 0 Å². The Kier molecular flexibility index (Phi) is 1.66. The Hall–Kier alpha value is -1.22. The first kappa shape index (κ1) is 7.43. The summed E-state index contributed by atoms with van der Waals surface area (Å²) >= 11 is 5.92. The molecule has 2 heterocycles. The minimum Gasteiger partial charge on any atom is -0.366 e. The number of nitrogens with one attached hydrogen (secondary N) is 1. The lowest BCUT2D eigenvalue weighted by Gasteiger charge is -1.90. The fraction of sp³-hybridized carbons (Fsp3) is 0.125. The van der Waals surface area contributed by atoms with Gasteiger partial charge < -0.3 is 4.98 Å². The van der Waals surface area contributed by atoms with Crippen LogP contribution in [-0.2, 0) is 7.05 Å². The van der Waals surface area contributed by atoms with Gasteiger partial charge in [-0.15, -0.1) is 0 Å². The highest BCUT2D eigenvalue weighted by molar-refractivity contribution is 6.33. The maximum Gasteiger partial charge on any atom is 0.0659 e. The summed E-state index contributed by atoms with van der Waals surface area (Å²) in [6.45, 7) is 0. The zero-order chi connectivity index (χ0) is 8.55. The minimum atomic E-state index is 0.725. The average Bonchev–Trinajstić information content (AvgIpc) is 2.58. The third kappa shape index (κ3) is 1.12. The van der Waals surface area contributed by atoms with Gasteiger partial charge in [-0.25, -0.2) is 0 Å². The van der Waals surface area contributed by atoms with Crippen LogP contribution in [0.2, 0.25) is 5.02 Å². The third-order valence-electron chi connectivity index (χ3n) is 1.71. The van der Waals surface area contributed by atoms with Crippen molar-refractivity contribution in [3.05, 3.63) is 29.8 Å². The van der Waals surface area contributed by atoms with E-state index >= 15 is 0 Å². The van der Waals surface area contributed by atoms with Crippen LogP contribution in [0.15, 0.2) is 24.8 Å². The summed E-state index contributed by atoms with van der Waals surface area (Å²) in [6.07, 6.45) is 7.33. The highest BCUT2D eigenvalue weighted by atomic mass is 35.5. The van der Waals surface area contributed by atoms with Crippen molar-refractivity contribution < 1.29 is 0 Å². The van der Waals surface area contributed by atoms with E-state index in [4.69, 9.17) is 11.6 Å². The zero-order valence-corrected chi connectivity index (χ0v) is 7.34. The molecule has 0 saturated carbocycles. The lowest BCUT2D eigenvalue weighted by molar-refractivity contribution is 0.768. The molecule has 3 nitrogen and oxygen atoms in total. The summed E-state index contributed by atoms with van der Waals surface area (Å²) in [5.41, 5.74) is 2.02. The Bertz CT molecular complexity index is 388. The predicted octanol–water partition coefficient (Wildman–Crippen LogP) is 2.07. The smallest absolute Gasteiger partial charge is 0.0659 e. The molecule has 0 aromatic carbocycles. The summed E-state index contributed by atoms with van der Waals surface area (Å²) < 4.78 is 1.75. The summed E-state index contributed by atoms with van der Waals surface area (Å²) in [5.74, 6) is 0. The van der Waals surface area contributed by atoms with Crippen LogP contribution < -0.4 is 0 Å². The first-order valence-corrected chi connectivity index (χ1v) is 3.96. The van der Waals surface area contributed by atoms with E-state index in [9.17, 15) is 0 Å². The molecule has 0 radical (unpaired) electrons. The van der Waals surface area contributed by atoms with Crippen LogP contribution in [0.1, 0.15) is 0 Å². The van der Waals surface area contributed by atoms with Crippen LogP contribution in [0.25, 0.3) is 11.1 Å². The second-order valence-corrected chi connectivity index (χ2v) is 3.03. The molecule has 0 atom stereocenters. The molecule has 0 amide bonds. The molecule has 0 fully saturated rings. The predicted molar refractivity (Wildman–Crippen MR) is 48.0 cm³/mol. The monoisotopic (exact) mass is 181 g/mol. The van der Waals surface area contributed by atoms with E-state index in [1.54, 1.807) is 17.1 Å². The molecule has 4 heteroatoms.